The van der Waals surface area contributed by atoms with E-state index in [-0.39, 0.29) is 18.1 Å². The van der Waals surface area contributed by atoms with Gasteiger partial charge in [-0.2, -0.15) is 0 Å². The average Bonchev–Trinajstić information content (AvgIpc) is 3.01. The Hall–Kier alpha value is -1.34. The van der Waals surface area contributed by atoms with Crippen LogP contribution in [0.4, 0.5) is 0 Å². The molecule has 2 rings (SSSR count). The van der Waals surface area contributed by atoms with Crippen LogP contribution >= 0.6 is 0 Å². The van der Waals surface area contributed by atoms with Crippen molar-refractivity contribution in [2.45, 2.75) is 38.8 Å². The van der Waals surface area contributed by atoms with E-state index in [2.05, 4.69) is 34.5 Å². The number of likely N-dealkylation sites (tertiary alicyclic amines) is 1. The van der Waals surface area contributed by atoms with E-state index in [0.29, 0.717) is 13.0 Å². The molecular weight excluding hydrogens is 294 g/mol. The summed E-state index contributed by atoms with van der Waals surface area (Å²) in [4.78, 5) is 20.6. The minimum absolute atomic E-state index is 0.158. The summed E-state index contributed by atoms with van der Waals surface area (Å²) in [5.41, 5.74) is 0. The molecule has 2 aliphatic heterocycles. The van der Waals surface area contributed by atoms with Crippen LogP contribution in [0.3, 0.4) is 0 Å². The topological polar surface area (TPSA) is 69.2 Å². The number of aliphatic imine (C=N–C) groups is 1. The van der Waals surface area contributed by atoms with Crippen LogP contribution < -0.4 is 10.6 Å². The maximum Gasteiger partial charge on any atom is 0.222 e. The first kappa shape index (κ1) is 18.0. The number of likely N-dealkylation sites (N-methyl/N-ethyl adjacent to an activating group) is 1. The third-order valence-corrected chi connectivity index (χ3v) is 4.32. The molecule has 2 atom stereocenters. The highest BCUT2D eigenvalue weighted by Crippen LogP contribution is 2.10. The minimum Gasteiger partial charge on any atom is -0.374 e. The van der Waals surface area contributed by atoms with Gasteiger partial charge in [-0.05, 0) is 20.4 Å². The molecule has 2 heterocycles. The molecule has 0 saturated carbocycles. The lowest BCUT2D eigenvalue weighted by molar-refractivity contribution is -0.129. The second-order valence-electron chi connectivity index (χ2n) is 6.30. The van der Waals surface area contributed by atoms with Crippen molar-refractivity contribution in [3.8, 4) is 0 Å². The van der Waals surface area contributed by atoms with Crippen LogP contribution in [0.15, 0.2) is 4.99 Å². The molecule has 0 aliphatic carbocycles. The van der Waals surface area contributed by atoms with Crippen molar-refractivity contribution < 1.29 is 9.53 Å². The Bertz CT molecular complexity index is 415. The van der Waals surface area contributed by atoms with E-state index in [1.165, 1.54) is 0 Å². The zero-order chi connectivity index (χ0) is 16.7. The molecule has 132 valence electrons. The highest BCUT2D eigenvalue weighted by atomic mass is 16.5. The van der Waals surface area contributed by atoms with E-state index < -0.39 is 0 Å². The molecule has 0 radical (unpaired) electrons. The lowest BCUT2D eigenvalue weighted by Gasteiger charge is -2.29. The summed E-state index contributed by atoms with van der Waals surface area (Å²) in [5.74, 6) is 1.05. The van der Waals surface area contributed by atoms with E-state index in [1.54, 1.807) is 0 Å². The van der Waals surface area contributed by atoms with Gasteiger partial charge in [-0.15, -0.1) is 0 Å². The lowest BCUT2D eigenvalue weighted by Crippen LogP contribution is -2.46. The van der Waals surface area contributed by atoms with Gasteiger partial charge in [-0.25, -0.2) is 0 Å². The van der Waals surface area contributed by atoms with Crippen molar-refractivity contribution in [2.75, 3.05) is 52.9 Å². The van der Waals surface area contributed by atoms with Crippen LogP contribution in [0.5, 0.6) is 0 Å². The standard InChI is InChI=1S/C16H31N5O2/c1-4-15(22)21-7-6-13(11-21)19-16(17-5-2)18-10-14-12-20(3)8-9-23-14/h13-14H,4-12H2,1-3H3,(H2,17,18,19). The zero-order valence-electron chi connectivity index (χ0n) is 14.7. The first-order valence-corrected chi connectivity index (χ1v) is 8.75. The van der Waals surface area contributed by atoms with Gasteiger partial charge in [0, 0.05) is 45.2 Å². The Kier molecular flexibility index (Phi) is 7.11. The maximum absolute atomic E-state index is 11.8. The third-order valence-electron chi connectivity index (χ3n) is 4.32. The molecular formula is C16H31N5O2. The molecule has 2 aliphatic rings. The fraction of sp³-hybridized carbons (Fsp3) is 0.875. The number of amides is 1. The predicted octanol–water partition coefficient (Wildman–Crippen LogP) is -0.117. The lowest BCUT2D eigenvalue weighted by atomic mass is 10.2. The van der Waals surface area contributed by atoms with E-state index in [0.717, 1.165) is 51.7 Å². The largest absolute Gasteiger partial charge is 0.374 e. The first-order valence-electron chi connectivity index (χ1n) is 8.75. The van der Waals surface area contributed by atoms with Crippen molar-refractivity contribution in [3.05, 3.63) is 0 Å². The van der Waals surface area contributed by atoms with E-state index in [1.807, 2.05) is 11.8 Å². The fourth-order valence-electron chi connectivity index (χ4n) is 3.01. The highest BCUT2D eigenvalue weighted by Gasteiger charge is 2.26. The second-order valence-corrected chi connectivity index (χ2v) is 6.30. The molecule has 1 amide bonds. The SMILES string of the molecule is CCNC(=NCC1CN(C)CCO1)NC1CCN(C(=O)CC)C1. The van der Waals surface area contributed by atoms with Gasteiger partial charge >= 0.3 is 0 Å². The summed E-state index contributed by atoms with van der Waals surface area (Å²) in [5, 5.41) is 6.74. The number of nitrogens with zero attached hydrogens (tertiary/aromatic N) is 3. The molecule has 23 heavy (non-hydrogen) atoms. The molecule has 0 aromatic heterocycles. The number of carbonyl (C=O) groups excluding carboxylic acids is 1. The molecule has 0 aromatic rings. The van der Waals surface area contributed by atoms with Gasteiger partial charge in [0.05, 0.1) is 19.3 Å². The molecule has 0 bridgehead atoms. The number of hydrogen-bond donors (Lipinski definition) is 2. The fourth-order valence-corrected chi connectivity index (χ4v) is 3.01. The van der Waals surface area contributed by atoms with Gasteiger partial charge in [-0.3, -0.25) is 9.79 Å². The Morgan fingerprint density at radius 2 is 2.13 bits per heavy atom. The summed E-state index contributed by atoms with van der Waals surface area (Å²) in [6.45, 7) is 9.73. The Balaban J connectivity index is 1.83. The predicted molar refractivity (Wildman–Crippen MR) is 91.6 cm³/mol. The monoisotopic (exact) mass is 325 g/mol. The van der Waals surface area contributed by atoms with E-state index in [4.69, 9.17) is 4.74 Å². The van der Waals surface area contributed by atoms with Gasteiger partial charge in [0.25, 0.3) is 0 Å². The quantitative estimate of drug-likeness (QED) is 0.545. The van der Waals surface area contributed by atoms with E-state index in [9.17, 15) is 4.79 Å². The van der Waals surface area contributed by atoms with Crippen LogP contribution in [-0.4, -0.2) is 86.7 Å². The van der Waals surface area contributed by atoms with Crippen molar-refractivity contribution in [1.82, 2.24) is 20.4 Å². The first-order chi connectivity index (χ1) is 11.1. The van der Waals surface area contributed by atoms with Crippen molar-refractivity contribution in [2.24, 2.45) is 4.99 Å². The van der Waals surface area contributed by atoms with Crippen molar-refractivity contribution >= 4 is 11.9 Å². The van der Waals surface area contributed by atoms with Crippen LogP contribution in [-0.2, 0) is 9.53 Å². The number of carbonyl (C=O) groups is 1. The number of nitrogens with one attached hydrogen (secondary N) is 2. The van der Waals surface area contributed by atoms with Crippen LogP contribution in [0.1, 0.15) is 26.7 Å². The summed E-state index contributed by atoms with van der Waals surface area (Å²) < 4.78 is 5.75. The van der Waals surface area contributed by atoms with Crippen LogP contribution in [0, 0.1) is 0 Å². The highest BCUT2D eigenvalue weighted by molar-refractivity contribution is 5.80. The van der Waals surface area contributed by atoms with Crippen molar-refractivity contribution in [1.29, 1.82) is 0 Å². The number of rotatable bonds is 5. The molecule has 7 nitrogen and oxygen atoms in total. The second kappa shape index (κ2) is 9.08. The van der Waals surface area contributed by atoms with Gasteiger partial charge in [0.1, 0.15) is 0 Å². The normalized spacial score (nSPS) is 26.4. The smallest absolute Gasteiger partial charge is 0.222 e. The van der Waals surface area contributed by atoms with Gasteiger partial charge in [-0.1, -0.05) is 6.92 Å². The number of guanidine groups is 1. The van der Waals surface area contributed by atoms with Crippen molar-refractivity contribution in [3.63, 3.8) is 0 Å². The summed E-state index contributed by atoms with van der Waals surface area (Å²) in [7, 11) is 2.11. The summed E-state index contributed by atoms with van der Waals surface area (Å²) in [6.07, 6.45) is 1.71. The summed E-state index contributed by atoms with van der Waals surface area (Å²) >= 11 is 0. The molecule has 2 saturated heterocycles. The third kappa shape index (κ3) is 5.66. The van der Waals surface area contributed by atoms with Gasteiger partial charge < -0.3 is 25.2 Å². The number of ether oxygens (including phenoxy) is 1. The Labute approximate surface area is 139 Å². The molecule has 7 heteroatoms. The zero-order valence-corrected chi connectivity index (χ0v) is 14.7. The van der Waals surface area contributed by atoms with Gasteiger partial charge in [0.15, 0.2) is 5.96 Å². The van der Waals surface area contributed by atoms with E-state index >= 15 is 0 Å². The Morgan fingerprint density at radius 3 is 2.83 bits per heavy atom. The van der Waals surface area contributed by atoms with Crippen LogP contribution in [0.25, 0.3) is 0 Å². The van der Waals surface area contributed by atoms with Crippen LogP contribution in [0.2, 0.25) is 0 Å². The average molecular weight is 325 g/mol. The number of morpholine rings is 1. The molecule has 2 unspecified atom stereocenters. The van der Waals surface area contributed by atoms with Gasteiger partial charge in [0.2, 0.25) is 5.91 Å². The molecule has 2 N–H and O–H groups in total. The molecule has 0 spiro atoms. The molecule has 0 aromatic carbocycles. The Morgan fingerprint density at radius 1 is 1.30 bits per heavy atom. The molecule has 2 fully saturated rings. The summed E-state index contributed by atoms with van der Waals surface area (Å²) in [6, 6.07) is 0.276. The maximum atomic E-state index is 11.8. The number of hydrogen-bond acceptors (Lipinski definition) is 4. The minimum atomic E-state index is 0.158.